The van der Waals surface area contributed by atoms with Gasteiger partial charge >= 0.3 is 5.97 Å². The third-order valence-electron chi connectivity index (χ3n) is 2.57. The molecule has 19 heavy (non-hydrogen) atoms. The van der Waals surface area contributed by atoms with Crippen LogP contribution < -0.4 is 5.73 Å². The van der Waals surface area contributed by atoms with Crippen molar-refractivity contribution in [1.82, 2.24) is 0 Å². The second kappa shape index (κ2) is 5.99. The fraction of sp³-hybridized carbons (Fsp3) is 0.0714. The highest BCUT2D eigenvalue weighted by molar-refractivity contribution is 7.98. The number of thioether (sulfide) groups is 1. The SMILES string of the molecule is Nc1ccc(SCc2ccc(Cl)cc2)cc1C(=O)O. The van der Waals surface area contributed by atoms with Crippen molar-refractivity contribution in [2.45, 2.75) is 10.6 Å². The van der Waals surface area contributed by atoms with Crippen LogP contribution in [0.4, 0.5) is 5.69 Å². The second-order valence-corrected chi connectivity index (χ2v) is 5.45. The van der Waals surface area contributed by atoms with E-state index >= 15 is 0 Å². The fourth-order valence-electron chi connectivity index (χ4n) is 1.56. The molecule has 0 amide bonds. The molecule has 3 nitrogen and oxygen atoms in total. The summed E-state index contributed by atoms with van der Waals surface area (Å²) in [6.07, 6.45) is 0. The smallest absolute Gasteiger partial charge is 0.337 e. The molecule has 0 saturated heterocycles. The number of halogens is 1. The average Bonchev–Trinajstić information content (AvgIpc) is 2.39. The van der Waals surface area contributed by atoms with E-state index in [2.05, 4.69) is 0 Å². The van der Waals surface area contributed by atoms with E-state index in [1.54, 1.807) is 23.9 Å². The molecule has 0 aliphatic rings. The maximum atomic E-state index is 11.0. The Morgan fingerprint density at radius 2 is 1.89 bits per heavy atom. The molecule has 2 rings (SSSR count). The lowest BCUT2D eigenvalue weighted by molar-refractivity contribution is 0.0698. The van der Waals surface area contributed by atoms with E-state index in [9.17, 15) is 4.79 Å². The molecule has 98 valence electrons. The van der Waals surface area contributed by atoms with E-state index < -0.39 is 5.97 Å². The number of rotatable bonds is 4. The molecule has 0 saturated carbocycles. The topological polar surface area (TPSA) is 63.3 Å². The molecular weight excluding hydrogens is 282 g/mol. The fourth-order valence-corrected chi connectivity index (χ4v) is 2.57. The predicted octanol–water partition coefficient (Wildman–Crippen LogP) is 3.91. The Morgan fingerprint density at radius 1 is 1.21 bits per heavy atom. The number of anilines is 1. The number of nitrogen functional groups attached to an aromatic ring is 1. The Bertz CT molecular complexity index is 599. The van der Waals surface area contributed by atoms with Crippen LogP contribution >= 0.6 is 23.4 Å². The summed E-state index contributed by atoms with van der Waals surface area (Å²) in [6, 6.07) is 12.6. The van der Waals surface area contributed by atoms with E-state index in [-0.39, 0.29) is 11.3 Å². The number of carboxylic acid groups (broad SMARTS) is 1. The normalized spacial score (nSPS) is 10.4. The molecule has 2 aromatic carbocycles. The van der Waals surface area contributed by atoms with E-state index in [1.165, 1.54) is 0 Å². The van der Waals surface area contributed by atoms with Crippen molar-refractivity contribution in [1.29, 1.82) is 0 Å². The molecule has 0 aromatic heterocycles. The van der Waals surface area contributed by atoms with Crippen molar-refractivity contribution in [3.63, 3.8) is 0 Å². The number of hydrogen-bond acceptors (Lipinski definition) is 3. The number of hydrogen-bond donors (Lipinski definition) is 2. The lowest BCUT2D eigenvalue weighted by Gasteiger charge is -2.05. The van der Waals surface area contributed by atoms with Gasteiger partial charge in [-0.25, -0.2) is 4.79 Å². The maximum absolute atomic E-state index is 11.0. The first kappa shape index (κ1) is 13.8. The van der Waals surface area contributed by atoms with Crippen molar-refractivity contribution >= 4 is 35.0 Å². The third-order valence-corrected chi connectivity index (χ3v) is 3.89. The van der Waals surface area contributed by atoms with Gasteiger partial charge in [0.1, 0.15) is 0 Å². The van der Waals surface area contributed by atoms with Crippen LogP contribution in [0.15, 0.2) is 47.4 Å². The van der Waals surface area contributed by atoms with E-state index in [0.717, 1.165) is 16.2 Å². The van der Waals surface area contributed by atoms with Gasteiger partial charge in [0.05, 0.1) is 5.56 Å². The summed E-state index contributed by atoms with van der Waals surface area (Å²) in [4.78, 5) is 11.9. The molecule has 0 atom stereocenters. The largest absolute Gasteiger partial charge is 0.478 e. The van der Waals surface area contributed by atoms with Crippen molar-refractivity contribution < 1.29 is 9.90 Å². The molecule has 0 spiro atoms. The molecule has 0 aliphatic heterocycles. The predicted molar refractivity (Wildman–Crippen MR) is 78.8 cm³/mol. The van der Waals surface area contributed by atoms with Gasteiger partial charge in [-0.05, 0) is 35.9 Å². The van der Waals surface area contributed by atoms with Gasteiger partial charge in [0.15, 0.2) is 0 Å². The number of nitrogens with two attached hydrogens (primary N) is 1. The molecule has 2 aromatic rings. The second-order valence-electron chi connectivity index (χ2n) is 3.97. The third kappa shape index (κ3) is 3.66. The number of aromatic carboxylic acids is 1. The molecular formula is C14H12ClNO2S. The zero-order valence-electron chi connectivity index (χ0n) is 9.97. The van der Waals surface area contributed by atoms with Crippen molar-refractivity contribution in [3.8, 4) is 0 Å². The lowest BCUT2D eigenvalue weighted by atomic mass is 10.2. The van der Waals surface area contributed by atoms with Crippen molar-refractivity contribution in [2.24, 2.45) is 0 Å². The maximum Gasteiger partial charge on any atom is 0.337 e. The van der Waals surface area contributed by atoms with Gasteiger partial charge in [-0.1, -0.05) is 23.7 Å². The molecule has 5 heteroatoms. The molecule has 0 bridgehead atoms. The van der Waals surface area contributed by atoms with Crippen LogP contribution in [0.1, 0.15) is 15.9 Å². The summed E-state index contributed by atoms with van der Waals surface area (Å²) in [5, 5.41) is 9.71. The Hall–Kier alpha value is -1.65. The zero-order chi connectivity index (χ0) is 13.8. The standard InChI is InChI=1S/C14H12ClNO2S/c15-10-3-1-9(2-4-10)8-19-11-5-6-13(16)12(7-11)14(17)18/h1-7H,8,16H2,(H,17,18). The van der Waals surface area contributed by atoms with Crippen molar-refractivity contribution in [3.05, 3.63) is 58.6 Å². The van der Waals surface area contributed by atoms with Crippen LogP contribution in [0.3, 0.4) is 0 Å². The van der Waals surface area contributed by atoms with Gasteiger partial charge in [0.25, 0.3) is 0 Å². The van der Waals surface area contributed by atoms with Crippen molar-refractivity contribution in [2.75, 3.05) is 5.73 Å². The first-order valence-electron chi connectivity index (χ1n) is 5.56. The molecule has 0 radical (unpaired) electrons. The summed E-state index contributed by atoms with van der Waals surface area (Å²) in [5.74, 6) is -0.258. The van der Waals surface area contributed by atoms with Gasteiger partial charge in [0, 0.05) is 21.4 Å². The summed E-state index contributed by atoms with van der Waals surface area (Å²) in [6.45, 7) is 0. The van der Waals surface area contributed by atoms with E-state index in [1.807, 2.05) is 30.3 Å². The van der Waals surface area contributed by atoms with E-state index in [0.29, 0.717) is 5.02 Å². The first-order valence-corrected chi connectivity index (χ1v) is 6.92. The van der Waals surface area contributed by atoms with Gasteiger partial charge in [-0.3, -0.25) is 0 Å². The minimum atomic E-state index is -1.01. The molecule has 3 N–H and O–H groups in total. The molecule has 0 heterocycles. The summed E-state index contributed by atoms with van der Waals surface area (Å²) in [7, 11) is 0. The van der Waals surface area contributed by atoms with Crippen LogP contribution in [0.5, 0.6) is 0 Å². The number of carboxylic acids is 1. The number of benzene rings is 2. The summed E-state index contributed by atoms with van der Waals surface area (Å²) in [5.41, 5.74) is 7.16. The quantitative estimate of drug-likeness (QED) is 0.662. The average molecular weight is 294 g/mol. The van der Waals surface area contributed by atoms with Crippen LogP contribution in [0.25, 0.3) is 0 Å². The molecule has 0 unspecified atom stereocenters. The Kier molecular flexibility index (Phi) is 4.35. The first-order chi connectivity index (χ1) is 9.06. The highest BCUT2D eigenvalue weighted by Crippen LogP contribution is 2.26. The van der Waals surface area contributed by atoms with Gasteiger partial charge in [-0.15, -0.1) is 11.8 Å². The Balaban J connectivity index is 2.09. The van der Waals surface area contributed by atoms with Gasteiger partial charge < -0.3 is 10.8 Å². The lowest BCUT2D eigenvalue weighted by Crippen LogP contribution is -2.02. The zero-order valence-corrected chi connectivity index (χ0v) is 11.5. The van der Waals surface area contributed by atoms with Crippen LogP contribution in [0, 0.1) is 0 Å². The van der Waals surface area contributed by atoms with Gasteiger partial charge in [0.2, 0.25) is 0 Å². The van der Waals surface area contributed by atoms with Gasteiger partial charge in [-0.2, -0.15) is 0 Å². The monoisotopic (exact) mass is 293 g/mol. The van der Waals surface area contributed by atoms with Crippen LogP contribution in [-0.2, 0) is 5.75 Å². The highest BCUT2D eigenvalue weighted by Gasteiger charge is 2.08. The minimum absolute atomic E-state index is 0.140. The highest BCUT2D eigenvalue weighted by atomic mass is 35.5. The van der Waals surface area contributed by atoms with Crippen LogP contribution in [-0.4, -0.2) is 11.1 Å². The minimum Gasteiger partial charge on any atom is -0.478 e. The molecule has 0 aliphatic carbocycles. The van der Waals surface area contributed by atoms with Crippen LogP contribution in [0.2, 0.25) is 5.02 Å². The Morgan fingerprint density at radius 3 is 2.53 bits per heavy atom. The molecule has 0 fully saturated rings. The number of carbonyl (C=O) groups is 1. The summed E-state index contributed by atoms with van der Waals surface area (Å²) >= 11 is 7.37. The van der Waals surface area contributed by atoms with E-state index in [4.69, 9.17) is 22.4 Å². The Labute approximate surface area is 120 Å². The summed E-state index contributed by atoms with van der Waals surface area (Å²) < 4.78 is 0.